The fourth-order valence-corrected chi connectivity index (χ4v) is 5.58. The van der Waals surface area contributed by atoms with Crippen molar-refractivity contribution >= 4 is 47.5 Å². The molecule has 18 nitrogen and oxygen atoms in total. The van der Waals surface area contributed by atoms with Crippen molar-refractivity contribution in [2.45, 2.75) is 111 Å². The van der Waals surface area contributed by atoms with Gasteiger partial charge in [-0.2, -0.15) is 0 Å². The maximum atomic E-state index is 12.7. The molecule has 0 aliphatic heterocycles. The summed E-state index contributed by atoms with van der Waals surface area (Å²) in [5.41, 5.74) is 1.40. The first-order valence-corrected chi connectivity index (χ1v) is 21.0. The van der Waals surface area contributed by atoms with Crippen LogP contribution in [-0.4, -0.2) is 108 Å². The highest BCUT2D eigenvalue weighted by Gasteiger charge is 2.30. The number of benzene rings is 2. The largest absolute Gasteiger partial charge is 0.491 e. The molecule has 2 aromatic rings. The summed E-state index contributed by atoms with van der Waals surface area (Å²) in [5.74, 6) is -7.81. The molecule has 0 fully saturated rings. The van der Waals surface area contributed by atoms with E-state index in [1.54, 1.807) is 6.92 Å². The minimum absolute atomic E-state index is 0.0000849. The van der Waals surface area contributed by atoms with Gasteiger partial charge in [-0.3, -0.25) is 28.8 Å². The molecule has 18 heteroatoms. The van der Waals surface area contributed by atoms with Gasteiger partial charge >= 0.3 is 23.9 Å². The van der Waals surface area contributed by atoms with Crippen LogP contribution in [0.15, 0.2) is 48.5 Å². The second-order valence-electron chi connectivity index (χ2n) is 14.4. The number of carbonyl (C=O) groups excluding carboxylic acids is 5. The molecule has 0 aliphatic rings. The summed E-state index contributed by atoms with van der Waals surface area (Å²) in [4.78, 5) is 94.4. The second kappa shape index (κ2) is 30.8. The number of esters is 1. The predicted octanol–water partition coefficient (Wildman–Crippen LogP) is 3.67. The number of amides is 4. The van der Waals surface area contributed by atoms with Gasteiger partial charge in [0.2, 0.25) is 23.6 Å². The molecule has 2 aromatic carbocycles. The van der Waals surface area contributed by atoms with Crippen molar-refractivity contribution < 1.29 is 67.9 Å². The number of rotatable bonds is 29. The van der Waals surface area contributed by atoms with Crippen molar-refractivity contribution in [1.29, 1.82) is 0 Å². The number of unbranched alkanes of at least 4 members (excludes halogenated alkanes) is 4. The Hall–Kier alpha value is -6.20. The summed E-state index contributed by atoms with van der Waals surface area (Å²) >= 11 is 0. The first-order chi connectivity index (χ1) is 29.5. The molecule has 7 N–H and O–H groups in total. The zero-order valence-electron chi connectivity index (χ0n) is 36.4. The van der Waals surface area contributed by atoms with Crippen LogP contribution in [0.5, 0.6) is 11.5 Å². The molecular weight excluding hydrogens is 808 g/mol. The Morgan fingerprint density at radius 2 is 0.919 bits per heavy atom. The molecule has 0 aliphatic carbocycles. The summed E-state index contributed by atoms with van der Waals surface area (Å²) in [7, 11) is 0. The average molecular weight is 873 g/mol. The van der Waals surface area contributed by atoms with Gasteiger partial charge in [-0.25, -0.2) is 9.59 Å². The van der Waals surface area contributed by atoms with E-state index in [0.717, 1.165) is 49.8 Å². The van der Waals surface area contributed by atoms with Crippen molar-refractivity contribution in [2.24, 2.45) is 11.8 Å². The molecule has 0 saturated carbocycles. The molecule has 2 unspecified atom stereocenters. The van der Waals surface area contributed by atoms with Gasteiger partial charge in [0.15, 0.2) is 0 Å². The van der Waals surface area contributed by atoms with Crippen LogP contribution in [-0.2, 0) is 55.9 Å². The molecule has 0 aromatic heterocycles. The number of ether oxygens (including phenoxy) is 3. The third kappa shape index (κ3) is 23.0. The van der Waals surface area contributed by atoms with Crippen LogP contribution in [0.2, 0.25) is 0 Å². The van der Waals surface area contributed by atoms with Crippen molar-refractivity contribution in [3.05, 3.63) is 59.7 Å². The molecule has 62 heavy (non-hydrogen) atoms. The van der Waals surface area contributed by atoms with E-state index < -0.39 is 53.6 Å². The lowest BCUT2D eigenvalue weighted by molar-refractivity contribution is -0.159. The van der Waals surface area contributed by atoms with Gasteiger partial charge in [0.05, 0.1) is 25.6 Å². The predicted molar refractivity (Wildman–Crippen MR) is 227 cm³/mol. The lowest BCUT2D eigenvalue weighted by atomic mass is 9.97. The van der Waals surface area contributed by atoms with Gasteiger partial charge in [-0.05, 0) is 81.8 Å². The number of nitrogens with one attached hydrogen (secondary N) is 4. The van der Waals surface area contributed by atoms with E-state index >= 15 is 0 Å². The third-order valence-corrected chi connectivity index (χ3v) is 8.80. The van der Waals surface area contributed by atoms with Crippen LogP contribution in [0.4, 0.5) is 0 Å². The van der Waals surface area contributed by atoms with Crippen LogP contribution < -0.4 is 30.7 Å². The Kier molecular flexibility index (Phi) is 26.7. The SMILES string of the molecule is CCCCCNC(=O)C(Cc1ccc(OC(C(=O)O)C(=O)O)cc1)C(=O)NCCC(=O)O.CCCCCNC(=O)C(Cc1ccc(OC(C)C)cc1)C(=O)NCCC(=O)OCC. The number of carboxylic acids is 3. The van der Waals surface area contributed by atoms with Crippen molar-refractivity contribution in [3.63, 3.8) is 0 Å². The second-order valence-corrected chi connectivity index (χ2v) is 14.4. The highest BCUT2D eigenvalue weighted by molar-refractivity contribution is 6.01. The lowest BCUT2D eigenvalue weighted by Crippen LogP contribution is -2.43. The summed E-state index contributed by atoms with van der Waals surface area (Å²) in [6.45, 7) is 11.0. The van der Waals surface area contributed by atoms with E-state index in [-0.39, 0.29) is 62.5 Å². The quantitative estimate of drug-likeness (QED) is 0.0349. The van der Waals surface area contributed by atoms with E-state index in [0.29, 0.717) is 25.3 Å². The van der Waals surface area contributed by atoms with Crippen LogP contribution in [0.25, 0.3) is 0 Å². The maximum absolute atomic E-state index is 12.7. The molecule has 2 atom stereocenters. The molecule has 0 spiro atoms. The number of hydrogen-bond donors (Lipinski definition) is 7. The fourth-order valence-electron chi connectivity index (χ4n) is 5.58. The van der Waals surface area contributed by atoms with Gasteiger partial charge in [0.1, 0.15) is 23.3 Å². The number of carbonyl (C=O) groups is 8. The van der Waals surface area contributed by atoms with Crippen molar-refractivity contribution in [1.82, 2.24) is 21.3 Å². The van der Waals surface area contributed by atoms with Gasteiger partial charge in [-0.1, -0.05) is 63.8 Å². The minimum Gasteiger partial charge on any atom is -0.491 e. The molecule has 0 heterocycles. The van der Waals surface area contributed by atoms with Gasteiger partial charge in [0, 0.05) is 26.2 Å². The fraction of sp³-hybridized carbons (Fsp3) is 0.545. The highest BCUT2D eigenvalue weighted by Crippen LogP contribution is 2.19. The Morgan fingerprint density at radius 1 is 0.532 bits per heavy atom. The van der Waals surface area contributed by atoms with E-state index in [1.807, 2.05) is 45.0 Å². The molecule has 0 bridgehead atoms. The van der Waals surface area contributed by atoms with Gasteiger partial charge in [0.25, 0.3) is 6.10 Å². The Labute approximate surface area is 362 Å². The third-order valence-electron chi connectivity index (χ3n) is 8.80. The van der Waals surface area contributed by atoms with Crippen LogP contribution in [0.3, 0.4) is 0 Å². The highest BCUT2D eigenvalue weighted by atomic mass is 16.5. The molecule has 0 radical (unpaired) electrons. The Morgan fingerprint density at radius 3 is 1.27 bits per heavy atom. The van der Waals surface area contributed by atoms with Crippen LogP contribution >= 0.6 is 0 Å². The minimum atomic E-state index is -2.07. The van der Waals surface area contributed by atoms with E-state index in [1.165, 1.54) is 24.3 Å². The smallest absolute Gasteiger partial charge is 0.356 e. The van der Waals surface area contributed by atoms with E-state index in [9.17, 15) is 38.4 Å². The van der Waals surface area contributed by atoms with Crippen LogP contribution in [0, 0.1) is 11.8 Å². The van der Waals surface area contributed by atoms with Gasteiger partial charge in [-0.15, -0.1) is 0 Å². The van der Waals surface area contributed by atoms with Crippen molar-refractivity contribution in [3.8, 4) is 11.5 Å². The van der Waals surface area contributed by atoms with Crippen molar-refractivity contribution in [2.75, 3.05) is 32.8 Å². The average Bonchev–Trinajstić information content (AvgIpc) is 3.21. The monoisotopic (exact) mass is 872 g/mol. The maximum Gasteiger partial charge on any atom is 0.356 e. The molecule has 2 rings (SSSR count). The standard InChI is InChI=1S/C23H36N2O5.C21H28N2O9/c1-5-7-8-14-24-22(27)20(23(28)25-15-13-21(26)29-6-2)16-18-9-11-19(12-10-18)30-17(3)4;1-2-3-4-10-22-18(26)15(19(27)23-11-9-16(24)25)12-13-5-7-14(8-6-13)32-17(20(28)29)21(30)31/h9-12,17,20H,5-8,13-16H2,1-4H3,(H,24,27)(H,25,28);5-8,15,17H,2-4,9-12H2,1H3,(H,22,26)(H,23,27)(H,24,25)(H,28,29)(H,30,31). The lowest BCUT2D eigenvalue weighted by Gasteiger charge is -2.17. The van der Waals surface area contributed by atoms with Crippen LogP contribution in [0.1, 0.15) is 97.1 Å². The molecular formula is C44H64N4O14. The Bertz CT molecular complexity index is 1700. The zero-order valence-corrected chi connectivity index (χ0v) is 36.4. The number of aliphatic carboxylic acids is 3. The Balaban J connectivity index is 0.000000621. The summed E-state index contributed by atoms with van der Waals surface area (Å²) in [5, 5.41) is 37.2. The zero-order chi connectivity index (χ0) is 46.5. The topological polar surface area (TPSA) is 273 Å². The summed E-state index contributed by atoms with van der Waals surface area (Å²) < 4.78 is 15.4. The number of carboxylic acid groups (broad SMARTS) is 3. The van der Waals surface area contributed by atoms with E-state index in [4.69, 9.17) is 29.5 Å². The summed E-state index contributed by atoms with van der Waals surface area (Å²) in [6.07, 6.45) is 3.67. The first-order valence-electron chi connectivity index (χ1n) is 21.0. The number of hydrogen-bond acceptors (Lipinski definition) is 11. The molecule has 344 valence electrons. The first kappa shape index (κ1) is 53.8. The van der Waals surface area contributed by atoms with E-state index in [2.05, 4.69) is 28.2 Å². The normalized spacial score (nSPS) is 11.5. The summed E-state index contributed by atoms with van der Waals surface area (Å²) in [6, 6.07) is 13.0. The van der Waals surface area contributed by atoms with Gasteiger partial charge < -0.3 is 50.8 Å². The molecule has 4 amide bonds. The molecule has 0 saturated heterocycles.